The van der Waals surface area contributed by atoms with Crippen molar-refractivity contribution < 1.29 is 14.0 Å². The Kier molecular flexibility index (Phi) is 5.34. The van der Waals surface area contributed by atoms with Crippen molar-refractivity contribution in [2.45, 2.75) is 64.0 Å². The minimum absolute atomic E-state index is 0.126. The molecule has 0 spiro atoms. The minimum atomic E-state index is -0.294. The van der Waals surface area contributed by atoms with Gasteiger partial charge in [0.15, 0.2) is 5.76 Å². The number of carbonyl (C=O) groups excluding carboxylic acids is 2. The third kappa shape index (κ3) is 4.10. The highest BCUT2D eigenvalue weighted by atomic mass is 32.1. The van der Waals surface area contributed by atoms with Gasteiger partial charge in [0.2, 0.25) is 0 Å². The van der Waals surface area contributed by atoms with Crippen molar-refractivity contribution in [3.8, 4) is 0 Å². The number of amides is 2. The van der Waals surface area contributed by atoms with E-state index in [1.54, 1.807) is 18.2 Å². The van der Waals surface area contributed by atoms with E-state index in [4.69, 9.17) is 4.42 Å². The van der Waals surface area contributed by atoms with Crippen molar-refractivity contribution in [2.75, 3.05) is 5.32 Å². The smallest absolute Gasteiger partial charge is 0.291 e. The van der Waals surface area contributed by atoms with Crippen LogP contribution >= 0.6 is 11.3 Å². The summed E-state index contributed by atoms with van der Waals surface area (Å²) in [5.74, 6) is 0.921. The molecule has 2 fully saturated rings. The number of hydrogen-bond acceptors (Lipinski definition) is 4. The molecule has 0 radical (unpaired) electrons. The fraction of sp³-hybridized carbons (Fsp3) is 0.524. The van der Waals surface area contributed by atoms with E-state index < -0.39 is 0 Å². The van der Waals surface area contributed by atoms with E-state index in [0.29, 0.717) is 22.0 Å². The van der Waals surface area contributed by atoms with E-state index >= 15 is 0 Å². The maximum absolute atomic E-state index is 13.2. The van der Waals surface area contributed by atoms with Gasteiger partial charge in [0.1, 0.15) is 0 Å². The zero-order chi connectivity index (χ0) is 18.8. The lowest BCUT2D eigenvalue weighted by atomic mass is 9.84. The number of furan rings is 1. The molecule has 4 rings (SSSR count). The summed E-state index contributed by atoms with van der Waals surface area (Å²) in [6, 6.07) is 7.71. The van der Waals surface area contributed by atoms with E-state index in [0.717, 1.165) is 31.6 Å². The highest BCUT2D eigenvalue weighted by Gasteiger charge is 2.39. The number of thiophene rings is 1. The highest BCUT2D eigenvalue weighted by Crippen LogP contribution is 2.38. The molecule has 2 aliphatic carbocycles. The first-order valence-corrected chi connectivity index (χ1v) is 10.7. The van der Waals surface area contributed by atoms with Gasteiger partial charge in [0.25, 0.3) is 11.8 Å². The molecule has 6 heteroatoms. The van der Waals surface area contributed by atoms with Crippen LogP contribution in [0.4, 0.5) is 5.00 Å². The summed E-state index contributed by atoms with van der Waals surface area (Å²) in [6.07, 6.45) is 9.65. The van der Waals surface area contributed by atoms with Crippen LogP contribution in [0.1, 0.15) is 72.1 Å². The first-order chi connectivity index (χ1) is 13.2. The molecular formula is C21H26N2O3S. The van der Waals surface area contributed by atoms with Gasteiger partial charge in [-0.1, -0.05) is 13.3 Å². The van der Waals surface area contributed by atoms with E-state index in [1.807, 2.05) is 6.07 Å². The average molecular weight is 387 g/mol. The lowest BCUT2D eigenvalue weighted by Gasteiger charge is -2.37. The van der Waals surface area contributed by atoms with Crippen LogP contribution in [-0.2, 0) is 0 Å². The number of nitrogens with one attached hydrogen (secondary N) is 1. The van der Waals surface area contributed by atoms with Crippen molar-refractivity contribution in [1.29, 1.82) is 0 Å². The van der Waals surface area contributed by atoms with Gasteiger partial charge >= 0.3 is 0 Å². The van der Waals surface area contributed by atoms with Crippen molar-refractivity contribution in [3.05, 3.63) is 41.2 Å². The van der Waals surface area contributed by atoms with Gasteiger partial charge in [-0.05, 0) is 68.7 Å². The lowest BCUT2D eigenvalue weighted by molar-refractivity contribution is 0.0592. The number of rotatable bonds is 6. The quantitative estimate of drug-likeness (QED) is 0.745. The Labute approximate surface area is 163 Å². The molecule has 0 bridgehead atoms. The van der Waals surface area contributed by atoms with Crippen molar-refractivity contribution in [1.82, 2.24) is 4.90 Å². The van der Waals surface area contributed by atoms with E-state index in [1.165, 1.54) is 36.9 Å². The van der Waals surface area contributed by atoms with Gasteiger partial charge < -0.3 is 14.6 Å². The Morgan fingerprint density at radius 3 is 2.41 bits per heavy atom. The fourth-order valence-electron chi connectivity index (χ4n) is 4.04. The van der Waals surface area contributed by atoms with Crippen molar-refractivity contribution in [3.63, 3.8) is 0 Å². The fourth-order valence-corrected chi connectivity index (χ4v) is 4.89. The molecule has 0 saturated heterocycles. The highest BCUT2D eigenvalue weighted by molar-refractivity contribution is 7.18. The van der Waals surface area contributed by atoms with E-state index in [2.05, 4.69) is 17.1 Å². The maximum Gasteiger partial charge on any atom is 0.291 e. The number of nitrogens with zero attached hydrogens (tertiary/aromatic N) is 1. The molecule has 2 saturated carbocycles. The van der Waals surface area contributed by atoms with Crippen LogP contribution in [0.25, 0.3) is 0 Å². The molecule has 0 atom stereocenters. The summed E-state index contributed by atoms with van der Waals surface area (Å²) in [6.45, 7) is 2.26. The molecule has 2 heterocycles. The Morgan fingerprint density at radius 1 is 1.11 bits per heavy atom. The predicted molar refractivity (Wildman–Crippen MR) is 106 cm³/mol. The second-order valence-electron chi connectivity index (χ2n) is 7.62. The van der Waals surface area contributed by atoms with Crippen LogP contribution in [0.3, 0.4) is 0 Å². The SMILES string of the molecule is CCC1CCC(N(C(=O)c2ccc(NC(=O)c3ccco3)s2)C2CC2)CC1. The monoisotopic (exact) mass is 386 g/mol. The summed E-state index contributed by atoms with van der Waals surface area (Å²) in [7, 11) is 0. The third-order valence-corrected chi connectivity index (χ3v) is 6.75. The maximum atomic E-state index is 13.2. The summed E-state index contributed by atoms with van der Waals surface area (Å²) in [5, 5.41) is 3.48. The van der Waals surface area contributed by atoms with Crippen LogP contribution in [0.15, 0.2) is 34.9 Å². The zero-order valence-corrected chi connectivity index (χ0v) is 16.5. The van der Waals surface area contributed by atoms with Gasteiger partial charge in [-0.25, -0.2) is 0 Å². The Morgan fingerprint density at radius 2 is 1.81 bits per heavy atom. The number of anilines is 1. The lowest BCUT2D eigenvalue weighted by Crippen LogP contribution is -2.43. The normalized spacial score (nSPS) is 22.4. The molecular weight excluding hydrogens is 360 g/mol. The van der Waals surface area contributed by atoms with E-state index in [9.17, 15) is 9.59 Å². The molecule has 0 aliphatic heterocycles. The molecule has 0 unspecified atom stereocenters. The topological polar surface area (TPSA) is 62.6 Å². The van der Waals surface area contributed by atoms with Crippen LogP contribution in [0.5, 0.6) is 0 Å². The summed E-state index contributed by atoms with van der Waals surface area (Å²) in [4.78, 5) is 28.2. The molecule has 0 aromatic carbocycles. The largest absolute Gasteiger partial charge is 0.459 e. The average Bonchev–Trinajstić information content (AvgIpc) is 3.18. The van der Waals surface area contributed by atoms with E-state index in [-0.39, 0.29) is 17.6 Å². The summed E-state index contributed by atoms with van der Waals surface area (Å²) < 4.78 is 5.11. The molecule has 144 valence electrons. The summed E-state index contributed by atoms with van der Waals surface area (Å²) >= 11 is 1.34. The van der Waals surface area contributed by atoms with Gasteiger partial charge in [-0.3, -0.25) is 9.59 Å². The Hall–Kier alpha value is -2.08. The van der Waals surface area contributed by atoms with Gasteiger partial charge in [0, 0.05) is 12.1 Å². The van der Waals surface area contributed by atoms with Gasteiger partial charge in [-0.15, -0.1) is 11.3 Å². The van der Waals surface area contributed by atoms with Gasteiger partial charge in [0.05, 0.1) is 16.1 Å². The second-order valence-corrected chi connectivity index (χ2v) is 8.71. The summed E-state index contributed by atoms with van der Waals surface area (Å²) in [5.41, 5.74) is 0. The Bertz CT molecular complexity index is 786. The van der Waals surface area contributed by atoms with Gasteiger partial charge in [-0.2, -0.15) is 0 Å². The minimum Gasteiger partial charge on any atom is -0.459 e. The van der Waals surface area contributed by atoms with Crippen molar-refractivity contribution in [2.24, 2.45) is 5.92 Å². The molecule has 2 aromatic heterocycles. The Balaban J connectivity index is 1.43. The predicted octanol–water partition coefficient (Wildman–Crippen LogP) is 5.17. The molecule has 2 aromatic rings. The first kappa shape index (κ1) is 18.3. The number of hydrogen-bond donors (Lipinski definition) is 1. The van der Waals surface area contributed by atoms with Crippen LogP contribution in [0, 0.1) is 5.92 Å². The molecule has 1 N–H and O–H groups in total. The van der Waals surface area contributed by atoms with Crippen LogP contribution in [0.2, 0.25) is 0 Å². The van der Waals surface area contributed by atoms with Crippen molar-refractivity contribution >= 4 is 28.2 Å². The number of carbonyl (C=O) groups is 2. The first-order valence-electron chi connectivity index (χ1n) is 9.93. The standard InChI is InChI=1S/C21H26N2O3S/c1-2-14-5-7-15(8-6-14)23(16-9-10-16)21(25)18-11-12-19(27-18)22-20(24)17-4-3-13-26-17/h3-4,11-16H,2,5-10H2,1H3,(H,22,24). The zero-order valence-electron chi connectivity index (χ0n) is 15.6. The van der Waals surface area contributed by atoms with Crippen LogP contribution in [-0.4, -0.2) is 28.8 Å². The van der Waals surface area contributed by atoms with Crippen LogP contribution < -0.4 is 5.32 Å². The molecule has 2 amide bonds. The molecule has 5 nitrogen and oxygen atoms in total. The second kappa shape index (κ2) is 7.89. The third-order valence-electron chi connectivity index (χ3n) is 5.76. The molecule has 2 aliphatic rings. The molecule has 27 heavy (non-hydrogen) atoms.